The Balaban J connectivity index is 2.08. The van der Waals surface area contributed by atoms with E-state index in [1.54, 1.807) is 42.5 Å². The molecule has 126 valence electrons. The van der Waals surface area contributed by atoms with E-state index in [-0.39, 0.29) is 5.82 Å². The van der Waals surface area contributed by atoms with Crippen LogP contribution in [0.5, 0.6) is 0 Å². The van der Waals surface area contributed by atoms with E-state index in [0.29, 0.717) is 10.7 Å². The van der Waals surface area contributed by atoms with Crippen LogP contribution in [0.3, 0.4) is 0 Å². The highest BCUT2D eigenvalue weighted by Crippen LogP contribution is 2.11. The van der Waals surface area contributed by atoms with Crippen LogP contribution < -0.4 is 16.6 Å². The Labute approximate surface area is 146 Å². The van der Waals surface area contributed by atoms with Crippen LogP contribution in [0.4, 0.5) is 5.82 Å². The topological polar surface area (TPSA) is 98.9 Å². The number of rotatable bonds is 3. The number of carbonyl (C=O) groups is 1. The highest BCUT2D eigenvalue weighted by atomic mass is 35.5. The Kier molecular flexibility index (Phi) is 4.44. The lowest BCUT2D eigenvalue weighted by Crippen LogP contribution is -2.43. The lowest BCUT2D eigenvalue weighted by Gasteiger charge is -2.09. The first-order chi connectivity index (χ1) is 12.0. The van der Waals surface area contributed by atoms with Crippen LogP contribution in [0.1, 0.15) is 10.5 Å². The molecule has 3 rings (SSSR count). The highest BCUT2D eigenvalue weighted by molar-refractivity contribution is 6.30. The van der Waals surface area contributed by atoms with Gasteiger partial charge >= 0.3 is 5.69 Å². The third-order valence-electron chi connectivity index (χ3n) is 3.37. The fourth-order valence-corrected chi connectivity index (χ4v) is 2.20. The van der Waals surface area contributed by atoms with Gasteiger partial charge in [0.25, 0.3) is 11.5 Å². The molecule has 8 nitrogen and oxygen atoms in total. The second kappa shape index (κ2) is 6.70. The molecule has 25 heavy (non-hydrogen) atoms. The molecular weight excluding hydrogens is 346 g/mol. The van der Waals surface area contributed by atoms with Crippen molar-refractivity contribution in [3.05, 3.63) is 80.2 Å². The van der Waals surface area contributed by atoms with Gasteiger partial charge in [-0.15, -0.1) is 0 Å². The lowest BCUT2D eigenvalue weighted by molar-refractivity contribution is 0.101. The minimum Gasteiger partial charge on any atom is -0.305 e. The Bertz CT molecular complexity index is 1040. The summed E-state index contributed by atoms with van der Waals surface area (Å²) in [5, 5.41) is 6.87. The molecule has 0 radical (unpaired) electrons. The maximum absolute atomic E-state index is 12.4. The molecule has 2 heterocycles. The van der Waals surface area contributed by atoms with Crippen LogP contribution in [0, 0.1) is 0 Å². The zero-order valence-electron chi connectivity index (χ0n) is 13.0. The molecule has 9 heteroatoms. The van der Waals surface area contributed by atoms with E-state index < -0.39 is 22.9 Å². The van der Waals surface area contributed by atoms with Gasteiger partial charge < -0.3 is 5.32 Å². The second-order valence-corrected chi connectivity index (χ2v) is 5.49. The molecule has 1 aromatic carbocycles. The number of nitrogens with zero attached hydrogens (tertiary/aromatic N) is 4. The molecule has 0 saturated carbocycles. The quantitative estimate of drug-likeness (QED) is 0.760. The Morgan fingerprint density at radius 3 is 2.48 bits per heavy atom. The molecule has 1 amide bonds. The van der Waals surface area contributed by atoms with Gasteiger partial charge in [-0.25, -0.2) is 9.78 Å². The van der Waals surface area contributed by atoms with Crippen LogP contribution in [-0.2, 0) is 7.05 Å². The van der Waals surface area contributed by atoms with Gasteiger partial charge in [-0.2, -0.15) is 9.78 Å². The summed E-state index contributed by atoms with van der Waals surface area (Å²) in [6.45, 7) is 0. The number of anilines is 1. The molecule has 0 unspecified atom stereocenters. The first-order valence-electron chi connectivity index (χ1n) is 7.16. The van der Waals surface area contributed by atoms with Crippen molar-refractivity contribution < 1.29 is 4.79 Å². The molecule has 0 aliphatic carbocycles. The van der Waals surface area contributed by atoms with Crippen molar-refractivity contribution in [3.8, 4) is 5.69 Å². The molecule has 3 aromatic rings. The van der Waals surface area contributed by atoms with E-state index in [9.17, 15) is 14.4 Å². The largest absolute Gasteiger partial charge is 0.351 e. The van der Waals surface area contributed by atoms with Crippen molar-refractivity contribution in [2.45, 2.75) is 0 Å². The summed E-state index contributed by atoms with van der Waals surface area (Å²) in [4.78, 5) is 40.9. The van der Waals surface area contributed by atoms with Gasteiger partial charge in [0, 0.05) is 18.3 Å². The molecule has 1 N–H and O–H groups in total. The molecule has 0 bridgehead atoms. The van der Waals surface area contributed by atoms with E-state index >= 15 is 0 Å². The fraction of sp³-hybridized carbons (Fsp3) is 0.0625. The number of nitrogens with one attached hydrogen (secondary N) is 1. The van der Waals surface area contributed by atoms with Gasteiger partial charge in [0.15, 0.2) is 0 Å². The van der Waals surface area contributed by atoms with Crippen LogP contribution in [0.25, 0.3) is 5.69 Å². The summed E-state index contributed by atoms with van der Waals surface area (Å²) in [5.74, 6) is -0.498. The SMILES string of the molecule is Cn1c(=O)c(C(=O)Nc2ccccn2)nn(-c2ccc(Cl)cc2)c1=O. The van der Waals surface area contributed by atoms with Crippen LogP contribution >= 0.6 is 11.6 Å². The van der Waals surface area contributed by atoms with Gasteiger partial charge in [0.1, 0.15) is 5.82 Å². The van der Waals surface area contributed by atoms with Crippen molar-refractivity contribution in [1.29, 1.82) is 0 Å². The van der Waals surface area contributed by atoms with E-state index in [1.165, 1.54) is 13.2 Å². The van der Waals surface area contributed by atoms with Crippen molar-refractivity contribution >= 4 is 23.3 Å². The Hall–Kier alpha value is -3.26. The minimum atomic E-state index is -0.802. The van der Waals surface area contributed by atoms with Crippen LogP contribution in [-0.4, -0.2) is 25.2 Å². The molecule has 0 saturated heterocycles. The molecular formula is C16H12ClN5O3. The number of hydrogen-bond acceptors (Lipinski definition) is 5. The van der Waals surface area contributed by atoms with E-state index in [4.69, 9.17) is 11.6 Å². The molecule has 0 spiro atoms. The Morgan fingerprint density at radius 1 is 1.12 bits per heavy atom. The molecule has 2 aromatic heterocycles. The minimum absolute atomic E-state index is 0.264. The maximum atomic E-state index is 12.4. The summed E-state index contributed by atoms with van der Waals surface area (Å²) >= 11 is 5.83. The first-order valence-corrected chi connectivity index (χ1v) is 7.54. The van der Waals surface area contributed by atoms with E-state index in [0.717, 1.165) is 9.25 Å². The van der Waals surface area contributed by atoms with Crippen LogP contribution in [0.15, 0.2) is 58.3 Å². The summed E-state index contributed by atoms with van der Waals surface area (Å²) in [6.07, 6.45) is 1.50. The summed E-state index contributed by atoms with van der Waals surface area (Å²) in [5.41, 5.74) is -1.54. The zero-order valence-corrected chi connectivity index (χ0v) is 13.8. The van der Waals surface area contributed by atoms with Gasteiger partial charge in [-0.1, -0.05) is 17.7 Å². The zero-order chi connectivity index (χ0) is 18.0. The number of halogens is 1. The normalized spacial score (nSPS) is 10.5. The standard InChI is InChI=1S/C16H12ClN5O3/c1-21-15(24)13(14(23)19-12-4-2-3-9-18-12)20-22(16(21)25)11-7-5-10(17)6-8-11/h2-9H,1H3,(H,18,19,23). The number of amides is 1. The fourth-order valence-electron chi connectivity index (χ4n) is 2.08. The summed E-state index contributed by atoms with van der Waals surface area (Å²) < 4.78 is 1.78. The predicted molar refractivity (Wildman–Crippen MR) is 92.3 cm³/mol. The predicted octanol–water partition coefficient (Wildman–Crippen LogP) is 1.23. The third kappa shape index (κ3) is 3.33. The molecule has 0 aliphatic rings. The number of hydrogen-bond donors (Lipinski definition) is 1. The maximum Gasteiger partial charge on any atom is 0.351 e. The van der Waals surface area contributed by atoms with Gasteiger partial charge in [0.05, 0.1) is 5.69 Å². The molecule has 0 atom stereocenters. The van der Waals surface area contributed by atoms with E-state index in [1.807, 2.05) is 0 Å². The van der Waals surface area contributed by atoms with Crippen molar-refractivity contribution in [2.75, 3.05) is 5.32 Å². The highest BCUT2D eigenvalue weighted by Gasteiger charge is 2.19. The average molecular weight is 358 g/mol. The van der Waals surface area contributed by atoms with Gasteiger partial charge in [0.2, 0.25) is 5.69 Å². The molecule has 0 fully saturated rings. The number of benzene rings is 1. The van der Waals surface area contributed by atoms with Crippen LogP contribution in [0.2, 0.25) is 5.02 Å². The number of aromatic nitrogens is 4. The summed E-state index contributed by atoms with van der Waals surface area (Å²) in [6, 6.07) is 11.2. The number of carbonyl (C=O) groups excluding carboxylic acids is 1. The number of pyridine rings is 1. The smallest absolute Gasteiger partial charge is 0.305 e. The van der Waals surface area contributed by atoms with Gasteiger partial charge in [-0.3, -0.25) is 14.2 Å². The third-order valence-corrected chi connectivity index (χ3v) is 3.62. The molecule has 0 aliphatic heterocycles. The first kappa shape index (κ1) is 16.6. The second-order valence-electron chi connectivity index (χ2n) is 5.05. The summed E-state index contributed by atoms with van der Waals surface area (Å²) in [7, 11) is 1.27. The average Bonchev–Trinajstić information content (AvgIpc) is 2.62. The monoisotopic (exact) mass is 357 g/mol. The van der Waals surface area contributed by atoms with Gasteiger partial charge in [-0.05, 0) is 36.4 Å². The van der Waals surface area contributed by atoms with Crippen molar-refractivity contribution in [3.63, 3.8) is 0 Å². The Morgan fingerprint density at radius 2 is 1.84 bits per heavy atom. The van der Waals surface area contributed by atoms with Crippen molar-refractivity contribution in [2.24, 2.45) is 7.05 Å². The van der Waals surface area contributed by atoms with Crippen molar-refractivity contribution in [1.82, 2.24) is 19.3 Å². The van der Waals surface area contributed by atoms with E-state index in [2.05, 4.69) is 15.4 Å². The lowest BCUT2D eigenvalue weighted by atomic mass is 10.3.